The molecule has 0 aliphatic carbocycles. The van der Waals surface area contributed by atoms with Crippen molar-refractivity contribution in [2.24, 2.45) is 5.73 Å². The minimum Gasteiger partial charge on any atom is -0.489 e. The van der Waals surface area contributed by atoms with Gasteiger partial charge in [0.05, 0.1) is 0 Å². The molecule has 0 aliphatic rings. The molecule has 0 unspecified atom stereocenters. The van der Waals surface area contributed by atoms with Gasteiger partial charge in [0.2, 0.25) is 0 Å². The van der Waals surface area contributed by atoms with Gasteiger partial charge in [-0.2, -0.15) is 5.26 Å². The van der Waals surface area contributed by atoms with Crippen LogP contribution in [0.4, 0.5) is 4.39 Å². The number of hydrogen-bond acceptors (Lipinski definition) is 4. The van der Waals surface area contributed by atoms with Crippen LogP contribution in [-0.2, 0) is 13.2 Å². The standard InChI is InChI=1S/C14H12FN3O/c15-12-4-10(7-16)5-13(6-12)19-9-11-2-1-3-18-14(11)8-17/h1-6H,7,9,16H2. The molecule has 5 heteroatoms. The molecule has 2 rings (SSSR count). The predicted octanol–water partition coefficient (Wildman–Crippen LogP) is 2.13. The average molecular weight is 257 g/mol. The van der Waals surface area contributed by atoms with Gasteiger partial charge in [0.1, 0.15) is 29.9 Å². The smallest absolute Gasteiger partial charge is 0.147 e. The average Bonchev–Trinajstić information content (AvgIpc) is 2.44. The quantitative estimate of drug-likeness (QED) is 0.910. The van der Waals surface area contributed by atoms with E-state index in [0.717, 1.165) is 0 Å². The molecule has 96 valence electrons. The maximum Gasteiger partial charge on any atom is 0.147 e. The van der Waals surface area contributed by atoms with E-state index in [9.17, 15) is 4.39 Å². The Morgan fingerprint density at radius 3 is 2.95 bits per heavy atom. The lowest BCUT2D eigenvalue weighted by Gasteiger charge is -2.08. The molecule has 2 aromatic rings. The fraction of sp³-hybridized carbons (Fsp3) is 0.143. The number of ether oxygens (including phenoxy) is 1. The fourth-order valence-corrected chi connectivity index (χ4v) is 1.64. The first-order chi connectivity index (χ1) is 9.22. The van der Waals surface area contributed by atoms with E-state index in [1.165, 1.54) is 18.3 Å². The van der Waals surface area contributed by atoms with E-state index in [4.69, 9.17) is 15.7 Å². The highest BCUT2D eigenvalue weighted by molar-refractivity contribution is 5.32. The van der Waals surface area contributed by atoms with Crippen LogP contribution in [0.1, 0.15) is 16.8 Å². The van der Waals surface area contributed by atoms with Crippen LogP contribution < -0.4 is 10.5 Å². The Morgan fingerprint density at radius 1 is 1.37 bits per heavy atom. The molecule has 0 atom stereocenters. The number of aromatic nitrogens is 1. The lowest BCUT2D eigenvalue weighted by atomic mass is 10.2. The van der Waals surface area contributed by atoms with Gasteiger partial charge in [-0.15, -0.1) is 0 Å². The Morgan fingerprint density at radius 2 is 2.21 bits per heavy atom. The summed E-state index contributed by atoms with van der Waals surface area (Å²) in [6.07, 6.45) is 1.54. The van der Waals surface area contributed by atoms with E-state index in [1.54, 1.807) is 18.2 Å². The summed E-state index contributed by atoms with van der Waals surface area (Å²) in [4.78, 5) is 3.93. The summed E-state index contributed by atoms with van der Waals surface area (Å²) in [6, 6.07) is 9.75. The summed E-state index contributed by atoms with van der Waals surface area (Å²) in [7, 11) is 0. The van der Waals surface area contributed by atoms with Crippen molar-refractivity contribution < 1.29 is 9.13 Å². The fourth-order valence-electron chi connectivity index (χ4n) is 1.64. The van der Waals surface area contributed by atoms with Crippen LogP contribution in [0.2, 0.25) is 0 Å². The molecule has 4 nitrogen and oxygen atoms in total. The third-order valence-electron chi connectivity index (χ3n) is 2.56. The molecule has 0 saturated carbocycles. The number of pyridine rings is 1. The van der Waals surface area contributed by atoms with Gasteiger partial charge in [-0.05, 0) is 23.8 Å². The second-order valence-electron chi connectivity index (χ2n) is 3.91. The number of halogens is 1. The summed E-state index contributed by atoms with van der Waals surface area (Å²) in [5.41, 5.74) is 7.08. The highest BCUT2D eigenvalue weighted by atomic mass is 19.1. The van der Waals surface area contributed by atoms with Gasteiger partial charge in [0, 0.05) is 24.4 Å². The van der Waals surface area contributed by atoms with Crippen LogP contribution in [0.15, 0.2) is 36.5 Å². The van der Waals surface area contributed by atoms with Gasteiger partial charge in [-0.25, -0.2) is 9.37 Å². The van der Waals surface area contributed by atoms with Gasteiger partial charge in [0.15, 0.2) is 0 Å². The summed E-state index contributed by atoms with van der Waals surface area (Å²) in [5, 5.41) is 8.90. The molecule has 0 fully saturated rings. The number of hydrogen-bond donors (Lipinski definition) is 1. The molecule has 0 aliphatic heterocycles. The minimum absolute atomic E-state index is 0.157. The third kappa shape index (κ3) is 3.27. The monoisotopic (exact) mass is 257 g/mol. The maximum atomic E-state index is 13.3. The Hall–Kier alpha value is -2.45. The van der Waals surface area contributed by atoms with Crippen molar-refractivity contribution in [3.8, 4) is 11.8 Å². The third-order valence-corrected chi connectivity index (χ3v) is 2.56. The lowest BCUT2D eigenvalue weighted by Crippen LogP contribution is -2.02. The van der Waals surface area contributed by atoms with Crippen molar-refractivity contribution in [3.63, 3.8) is 0 Å². The van der Waals surface area contributed by atoms with Gasteiger partial charge < -0.3 is 10.5 Å². The molecule has 1 aromatic heterocycles. The van der Waals surface area contributed by atoms with Crippen molar-refractivity contribution >= 4 is 0 Å². The Bertz CT molecular complexity index is 622. The molecule has 0 bridgehead atoms. The van der Waals surface area contributed by atoms with E-state index < -0.39 is 5.82 Å². The van der Waals surface area contributed by atoms with Crippen LogP contribution in [-0.4, -0.2) is 4.98 Å². The minimum atomic E-state index is -0.398. The van der Waals surface area contributed by atoms with Crippen molar-refractivity contribution in [3.05, 3.63) is 59.2 Å². The molecule has 1 aromatic carbocycles. The largest absolute Gasteiger partial charge is 0.489 e. The van der Waals surface area contributed by atoms with E-state index in [1.807, 2.05) is 6.07 Å². The second kappa shape index (κ2) is 5.94. The number of nitrogens with zero attached hydrogens (tertiary/aromatic N) is 2. The van der Waals surface area contributed by atoms with Crippen LogP contribution in [0.25, 0.3) is 0 Å². The van der Waals surface area contributed by atoms with Crippen molar-refractivity contribution in [1.29, 1.82) is 5.26 Å². The molecular weight excluding hydrogens is 245 g/mol. The highest BCUT2D eigenvalue weighted by Gasteiger charge is 2.05. The number of benzene rings is 1. The van der Waals surface area contributed by atoms with Crippen LogP contribution >= 0.6 is 0 Å². The molecule has 19 heavy (non-hydrogen) atoms. The first-order valence-corrected chi connectivity index (χ1v) is 5.69. The molecular formula is C14H12FN3O. The van der Waals surface area contributed by atoms with E-state index in [-0.39, 0.29) is 13.2 Å². The Labute approximate surface area is 110 Å². The zero-order valence-electron chi connectivity index (χ0n) is 10.1. The summed E-state index contributed by atoms with van der Waals surface area (Å²) in [5.74, 6) is -0.0159. The summed E-state index contributed by atoms with van der Waals surface area (Å²) >= 11 is 0. The van der Waals surface area contributed by atoms with Crippen LogP contribution in [0.3, 0.4) is 0 Å². The van der Waals surface area contributed by atoms with E-state index in [0.29, 0.717) is 22.6 Å². The Kier molecular flexibility index (Phi) is 4.06. The number of nitrogens with two attached hydrogens (primary N) is 1. The topological polar surface area (TPSA) is 71.9 Å². The second-order valence-corrected chi connectivity index (χ2v) is 3.91. The lowest BCUT2D eigenvalue weighted by molar-refractivity contribution is 0.303. The van der Waals surface area contributed by atoms with Crippen molar-refractivity contribution in [2.75, 3.05) is 0 Å². The molecule has 0 radical (unpaired) electrons. The van der Waals surface area contributed by atoms with Gasteiger partial charge >= 0.3 is 0 Å². The van der Waals surface area contributed by atoms with Gasteiger partial charge in [-0.1, -0.05) is 6.07 Å². The zero-order chi connectivity index (χ0) is 13.7. The molecule has 0 saturated heterocycles. The predicted molar refractivity (Wildman–Crippen MR) is 67.6 cm³/mol. The van der Waals surface area contributed by atoms with E-state index >= 15 is 0 Å². The Balaban J connectivity index is 2.15. The van der Waals surface area contributed by atoms with Crippen LogP contribution in [0, 0.1) is 17.1 Å². The molecule has 0 amide bonds. The van der Waals surface area contributed by atoms with Crippen LogP contribution in [0.5, 0.6) is 5.75 Å². The highest BCUT2D eigenvalue weighted by Crippen LogP contribution is 2.18. The van der Waals surface area contributed by atoms with Gasteiger partial charge in [0.25, 0.3) is 0 Å². The van der Waals surface area contributed by atoms with Crippen molar-refractivity contribution in [1.82, 2.24) is 4.98 Å². The summed E-state index contributed by atoms with van der Waals surface area (Å²) in [6.45, 7) is 0.397. The first kappa shape index (κ1) is 13.0. The molecule has 2 N–H and O–H groups in total. The SMILES string of the molecule is N#Cc1ncccc1COc1cc(F)cc(CN)c1. The maximum absolute atomic E-state index is 13.3. The molecule has 0 spiro atoms. The summed E-state index contributed by atoms with van der Waals surface area (Å²) < 4.78 is 18.8. The van der Waals surface area contributed by atoms with Gasteiger partial charge in [-0.3, -0.25) is 0 Å². The van der Waals surface area contributed by atoms with E-state index in [2.05, 4.69) is 4.98 Å². The number of rotatable bonds is 4. The number of nitriles is 1. The molecule has 1 heterocycles. The normalized spacial score (nSPS) is 9.95. The first-order valence-electron chi connectivity index (χ1n) is 5.69. The van der Waals surface area contributed by atoms with Crippen molar-refractivity contribution in [2.45, 2.75) is 13.2 Å². The zero-order valence-corrected chi connectivity index (χ0v) is 10.1.